The highest BCUT2D eigenvalue weighted by molar-refractivity contribution is 5.93. The molecule has 0 bridgehead atoms. The van der Waals surface area contributed by atoms with E-state index in [2.05, 4.69) is 22.0 Å². The van der Waals surface area contributed by atoms with Gasteiger partial charge in [-0.3, -0.25) is 9.59 Å². The summed E-state index contributed by atoms with van der Waals surface area (Å²) in [5, 5.41) is 7.33. The maximum Gasteiger partial charge on any atom is 0.279 e. The fraction of sp³-hybridized carbons (Fsp3) is 0.167. The van der Waals surface area contributed by atoms with Crippen LogP contribution in [0.25, 0.3) is 17.2 Å². The Bertz CT molecular complexity index is 1340. The van der Waals surface area contributed by atoms with Crippen LogP contribution in [0.1, 0.15) is 16.8 Å². The van der Waals surface area contributed by atoms with Crippen LogP contribution < -0.4 is 10.9 Å². The minimum Gasteiger partial charge on any atom is -0.326 e. The van der Waals surface area contributed by atoms with Crippen LogP contribution in [-0.2, 0) is 17.8 Å². The molecule has 31 heavy (non-hydrogen) atoms. The maximum absolute atomic E-state index is 13.2. The van der Waals surface area contributed by atoms with Crippen LogP contribution in [0.4, 0.5) is 5.69 Å². The monoisotopic (exact) mass is 413 g/mol. The third-order valence-corrected chi connectivity index (χ3v) is 5.22. The lowest BCUT2D eigenvalue weighted by molar-refractivity contribution is -0.115. The average Bonchev–Trinajstić information content (AvgIpc) is 3.22. The Morgan fingerprint density at radius 1 is 1.10 bits per heavy atom. The highest BCUT2D eigenvalue weighted by Crippen LogP contribution is 2.18. The van der Waals surface area contributed by atoms with Gasteiger partial charge in [0.05, 0.1) is 6.42 Å². The topological polar surface area (TPSA) is 81.3 Å². The normalized spacial score (nSPS) is 10.9. The summed E-state index contributed by atoms with van der Waals surface area (Å²) in [4.78, 5) is 30.6. The molecule has 7 nitrogen and oxygen atoms in total. The third kappa shape index (κ3) is 3.90. The van der Waals surface area contributed by atoms with Crippen molar-refractivity contribution in [2.45, 2.75) is 26.8 Å². The van der Waals surface area contributed by atoms with Gasteiger partial charge in [-0.05, 0) is 25.5 Å². The summed E-state index contributed by atoms with van der Waals surface area (Å²) in [5.41, 5.74) is 3.20. The molecule has 0 spiro atoms. The number of carbonyl (C=O) groups excluding carboxylic acids is 1. The highest BCUT2D eigenvalue weighted by atomic mass is 16.2. The van der Waals surface area contributed by atoms with E-state index in [4.69, 9.17) is 0 Å². The van der Waals surface area contributed by atoms with Gasteiger partial charge in [-0.1, -0.05) is 54.6 Å². The molecule has 7 heteroatoms. The number of anilines is 1. The molecule has 4 aromatic rings. The van der Waals surface area contributed by atoms with Gasteiger partial charge in [0, 0.05) is 29.1 Å². The number of aromatic nitrogens is 4. The second-order valence-electron chi connectivity index (χ2n) is 7.32. The largest absolute Gasteiger partial charge is 0.326 e. The second-order valence-corrected chi connectivity index (χ2v) is 7.32. The van der Waals surface area contributed by atoms with Gasteiger partial charge in [0.1, 0.15) is 0 Å². The fourth-order valence-corrected chi connectivity index (χ4v) is 3.54. The van der Waals surface area contributed by atoms with Gasteiger partial charge in [0.15, 0.2) is 5.82 Å². The molecular weight excluding hydrogens is 390 g/mol. The van der Waals surface area contributed by atoms with E-state index in [1.165, 1.54) is 4.52 Å². The predicted molar refractivity (Wildman–Crippen MR) is 121 cm³/mol. The number of carbonyl (C=O) groups is 1. The van der Waals surface area contributed by atoms with Gasteiger partial charge in [-0.2, -0.15) is 9.50 Å². The van der Waals surface area contributed by atoms with Crippen molar-refractivity contribution in [3.63, 3.8) is 0 Å². The zero-order valence-corrected chi connectivity index (χ0v) is 17.5. The molecule has 156 valence electrons. The highest BCUT2D eigenvalue weighted by Gasteiger charge is 2.20. The number of aryl methyl sites for hydroxylation is 1. The summed E-state index contributed by atoms with van der Waals surface area (Å²) in [7, 11) is 0. The zero-order chi connectivity index (χ0) is 22.0. The molecule has 0 radical (unpaired) electrons. The van der Waals surface area contributed by atoms with Crippen LogP contribution in [0.2, 0.25) is 0 Å². The Labute approximate surface area is 179 Å². The average molecular weight is 413 g/mol. The number of para-hydroxylation sites is 1. The van der Waals surface area contributed by atoms with Crippen LogP contribution in [0.15, 0.2) is 72.0 Å². The molecule has 0 fully saturated rings. The van der Waals surface area contributed by atoms with Crippen LogP contribution >= 0.6 is 0 Å². The molecule has 0 unspecified atom stereocenters. The molecule has 0 atom stereocenters. The molecule has 0 aliphatic heterocycles. The molecule has 0 saturated heterocycles. The lowest BCUT2D eigenvalue weighted by Crippen LogP contribution is -2.29. The number of fused-ring (bicyclic) bond motifs is 1. The van der Waals surface area contributed by atoms with Gasteiger partial charge < -0.3 is 9.88 Å². The molecular formula is C24H23N5O2. The number of amides is 1. The molecule has 1 amide bonds. The van der Waals surface area contributed by atoms with E-state index in [-0.39, 0.29) is 17.9 Å². The Hall–Kier alpha value is -4.00. The van der Waals surface area contributed by atoms with Crippen molar-refractivity contribution in [3.05, 3.63) is 94.4 Å². The van der Waals surface area contributed by atoms with E-state index in [1.807, 2.05) is 73.0 Å². The first kappa shape index (κ1) is 20.3. The summed E-state index contributed by atoms with van der Waals surface area (Å²) >= 11 is 0. The molecule has 1 N–H and O–H groups in total. The smallest absolute Gasteiger partial charge is 0.279 e. The van der Waals surface area contributed by atoms with E-state index in [0.29, 0.717) is 29.4 Å². The van der Waals surface area contributed by atoms with Crippen molar-refractivity contribution in [1.29, 1.82) is 0 Å². The van der Waals surface area contributed by atoms with Crippen LogP contribution in [-0.4, -0.2) is 25.1 Å². The van der Waals surface area contributed by atoms with Crippen molar-refractivity contribution in [3.8, 4) is 11.4 Å². The number of rotatable bonds is 6. The van der Waals surface area contributed by atoms with E-state index in [9.17, 15) is 9.59 Å². The molecule has 0 aliphatic carbocycles. The van der Waals surface area contributed by atoms with Crippen molar-refractivity contribution >= 4 is 17.4 Å². The van der Waals surface area contributed by atoms with Crippen molar-refractivity contribution in [1.82, 2.24) is 19.2 Å². The van der Waals surface area contributed by atoms with E-state index in [0.717, 1.165) is 16.8 Å². The molecule has 4 rings (SSSR count). The molecule has 2 heterocycles. The SMILES string of the molecule is C=CCn1c(C)c(CC(=O)Nc2ccccc2C)c(=O)n2nc(-c3ccccc3)nc12. The van der Waals surface area contributed by atoms with Gasteiger partial charge in [0.2, 0.25) is 11.7 Å². The van der Waals surface area contributed by atoms with Gasteiger partial charge in [-0.25, -0.2) is 0 Å². The van der Waals surface area contributed by atoms with E-state index < -0.39 is 0 Å². The number of nitrogens with one attached hydrogen (secondary N) is 1. The summed E-state index contributed by atoms with van der Waals surface area (Å²) in [5.74, 6) is 0.614. The first-order valence-corrected chi connectivity index (χ1v) is 10.0. The van der Waals surface area contributed by atoms with Gasteiger partial charge in [0.25, 0.3) is 5.56 Å². The first-order valence-electron chi connectivity index (χ1n) is 10.0. The summed E-state index contributed by atoms with van der Waals surface area (Å²) in [6.45, 7) is 7.99. The van der Waals surface area contributed by atoms with Crippen LogP contribution in [0.5, 0.6) is 0 Å². The Morgan fingerprint density at radius 3 is 2.52 bits per heavy atom. The minimum absolute atomic E-state index is 0.0629. The molecule has 2 aromatic heterocycles. The summed E-state index contributed by atoms with van der Waals surface area (Å²) < 4.78 is 3.12. The predicted octanol–water partition coefficient (Wildman–Crippen LogP) is 3.54. The number of hydrogen-bond acceptors (Lipinski definition) is 4. The van der Waals surface area contributed by atoms with E-state index in [1.54, 1.807) is 6.08 Å². The molecule has 0 aliphatic rings. The fourth-order valence-electron chi connectivity index (χ4n) is 3.54. The summed E-state index contributed by atoms with van der Waals surface area (Å²) in [6.07, 6.45) is 1.66. The first-order chi connectivity index (χ1) is 15.0. The van der Waals surface area contributed by atoms with Crippen molar-refractivity contribution < 1.29 is 4.79 Å². The minimum atomic E-state index is -0.345. The Morgan fingerprint density at radius 2 is 1.81 bits per heavy atom. The van der Waals surface area contributed by atoms with E-state index >= 15 is 0 Å². The Balaban J connectivity index is 1.78. The van der Waals surface area contributed by atoms with Gasteiger partial charge in [-0.15, -0.1) is 11.7 Å². The number of allylic oxidation sites excluding steroid dienone is 1. The Kier molecular flexibility index (Phi) is 5.49. The summed E-state index contributed by atoms with van der Waals surface area (Å²) in [6, 6.07) is 17.0. The lowest BCUT2D eigenvalue weighted by atomic mass is 10.1. The van der Waals surface area contributed by atoms with Crippen LogP contribution in [0.3, 0.4) is 0 Å². The molecule has 2 aromatic carbocycles. The third-order valence-electron chi connectivity index (χ3n) is 5.22. The maximum atomic E-state index is 13.2. The standard InChI is InChI=1S/C24H23N5O2/c1-4-14-28-17(3)19(15-21(30)25-20-13-9-8-10-16(20)2)23(31)29-24(28)26-22(27-29)18-11-6-5-7-12-18/h4-13H,1,14-15H2,2-3H3,(H,25,30). The number of nitrogens with zero attached hydrogens (tertiary/aromatic N) is 4. The quantitative estimate of drug-likeness (QED) is 0.490. The lowest BCUT2D eigenvalue weighted by Gasteiger charge is -2.14. The zero-order valence-electron chi connectivity index (χ0n) is 17.5. The number of hydrogen-bond donors (Lipinski definition) is 1. The van der Waals surface area contributed by atoms with Crippen molar-refractivity contribution in [2.24, 2.45) is 0 Å². The van der Waals surface area contributed by atoms with Gasteiger partial charge >= 0.3 is 0 Å². The molecule has 0 saturated carbocycles. The number of benzene rings is 2. The second kappa shape index (κ2) is 8.39. The van der Waals surface area contributed by atoms with Crippen LogP contribution in [0, 0.1) is 13.8 Å². The van der Waals surface area contributed by atoms with Crippen molar-refractivity contribution in [2.75, 3.05) is 5.32 Å².